The Morgan fingerprint density at radius 1 is 0.423 bits per heavy atom. The number of fused-ring (bicyclic) bond motifs is 8. The summed E-state index contributed by atoms with van der Waals surface area (Å²) in [7, 11) is 0. The number of aromatic amines is 2. The first-order chi connectivity index (χ1) is 25.7. The Morgan fingerprint density at radius 2 is 0.846 bits per heavy atom. The third-order valence-electron chi connectivity index (χ3n) is 10.00. The molecule has 250 valence electrons. The van der Waals surface area contributed by atoms with Crippen molar-refractivity contribution in [1.29, 1.82) is 0 Å². The van der Waals surface area contributed by atoms with Crippen LogP contribution in [0.2, 0.25) is 0 Å². The highest BCUT2D eigenvalue weighted by atomic mass is 14.8. The smallest absolute Gasteiger partial charge is 0.0738 e. The summed E-state index contributed by atoms with van der Waals surface area (Å²) in [4.78, 5) is 18.7. The average Bonchev–Trinajstić information content (AvgIpc) is 4.03. The van der Waals surface area contributed by atoms with Gasteiger partial charge in [-0.1, -0.05) is 135 Å². The van der Waals surface area contributed by atoms with Gasteiger partial charge < -0.3 is 9.97 Å². The van der Waals surface area contributed by atoms with Gasteiger partial charge in [0.15, 0.2) is 0 Å². The van der Waals surface area contributed by atoms with Gasteiger partial charge in [-0.25, -0.2) is 9.97 Å². The number of hydrogen-bond acceptors (Lipinski definition) is 2. The van der Waals surface area contributed by atoms with E-state index < -0.39 is 0 Å². The van der Waals surface area contributed by atoms with Crippen molar-refractivity contribution in [3.63, 3.8) is 0 Å². The van der Waals surface area contributed by atoms with Crippen LogP contribution < -0.4 is 0 Å². The Bertz CT molecular complexity index is 2630. The van der Waals surface area contributed by atoms with Crippen LogP contribution in [0.15, 0.2) is 140 Å². The topological polar surface area (TPSA) is 57.4 Å². The average molecular weight is 671 g/mol. The Kier molecular flexibility index (Phi) is 8.26. The number of H-pyrrole nitrogens is 2. The Labute approximate surface area is 303 Å². The quantitative estimate of drug-likeness (QED) is 0.177. The molecule has 9 rings (SSSR count). The first-order valence-corrected chi connectivity index (χ1v) is 18.2. The molecule has 0 aliphatic carbocycles. The molecule has 4 nitrogen and oxygen atoms in total. The second kappa shape index (κ2) is 13.7. The molecule has 52 heavy (non-hydrogen) atoms. The summed E-state index contributed by atoms with van der Waals surface area (Å²) >= 11 is 0. The van der Waals surface area contributed by atoms with E-state index in [9.17, 15) is 0 Å². The number of rotatable bonds is 7. The molecule has 0 spiro atoms. The molecule has 0 radical (unpaired) electrons. The first kappa shape index (κ1) is 31.5. The van der Waals surface area contributed by atoms with Crippen molar-refractivity contribution in [1.82, 2.24) is 19.9 Å². The lowest BCUT2D eigenvalue weighted by molar-refractivity contribution is 0.800. The van der Waals surface area contributed by atoms with E-state index in [1.165, 1.54) is 5.56 Å². The molecule has 0 saturated carbocycles. The maximum atomic E-state index is 5.46. The molecule has 5 heterocycles. The Hall–Kier alpha value is -6.52. The minimum atomic E-state index is 0.891. The zero-order chi connectivity index (χ0) is 34.9. The van der Waals surface area contributed by atoms with E-state index in [-0.39, 0.29) is 0 Å². The van der Waals surface area contributed by atoms with Crippen LogP contribution in [-0.4, -0.2) is 19.9 Å². The number of unbranched alkanes of at least 4 members (excludes halogenated alkanes) is 1. The molecule has 0 amide bonds. The highest BCUT2D eigenvalue weighted by Crippen LogP contribution is 2.39. The fourth-order valence-electron chi connectivity index (χ4n) is 7.55. The third kappa shape index (κ3) is 5.78. The Morgan fingerprint density at radius 3 is 1.37 bits per heavy atom. The van der Waals surface area contributed by atoms with Crippen LogP contribution >= 0.6 is 0 Å². The van der Waals surface area contributed by atoms with E-state index in [4.69, 9.17) is 9.97 Å². The molecule has 2 aliphatic rings. The molecular formula is C48H38N4. The van der Waals surface area contributed by atoms with Gasteiger partial charge in [-0.2, -0.15) is 0 Å². The number of nitrogens with one attached hydrogen (secondary N) is 2. The van der Waals surface area contributed by atoms with Gasteiger partial charge in [0.2, 0.25) is 0 Å². The summed E-state index contributed by atoms with van der Waals surface area (Å²) in [5, 5.41) is 0. The molecule has 0 unspecified atom stereocenters. The van der Waals surface area contributed by atoms with Crippen LogP contribution in [0.4, 0.5) is 0 Å². The van der Waals surface area contributed by atoms with E-state index in [1.54, 1.807) is 0 Å². The minimum Gasteiger partial charge on any atom is -0.354 e. The first-order valence-electron chi connectivity index (χ1n) is 18.2. The summed E-state index contributed by atoms with van der Waals surface area (Å²) in [6.07, 6.45) is 11.8. The molecule has 2 N–H and O–H groups in total. The van der Waals surface area contributed by atoms with Crippen LogP contribution in [0.1, 0.15) is 48.1 Å². The standard InChI is InChI=1S/C48H38N4/c1-2-3-16-36-31-43-46(34-21-12-6-13-22-34)41-28-27-39(50-41)44(32-17-8-4-9-18-32)37-25-26-38(49-37)45(33-19-10-5-11-20-33)40-29-30-42(51-40)47(48(36)52-43)35-23-14-7-15-24-35/h4-15,17-31,50,52H,2-3,16H2,1H3. The van der Waals surface area contributed by atoms with Crippen molar-refractivity contribution in [2.45, 2.75) is 26.2 Å². The van der Waals surface area contributed by atoms with Crippen molar-refractivity contribution in [3.8, 4) is 44.5 Å². The summed E-state index contributed by atoms with van der Waals surface area (Å²) in [6, 6.07) is 49.2. The van der Waals surface area contributed by atoms with Crippen molar-refractivity contribution < 1.29 is 0 Å². The fourth-order valence-corrected chi connectivity index (χ4v) is 7.55. The van der Waals surface area contributed by atoms with Gasteiger partial charge in [0.25, 0.3) is 0 Å². The molecule has 0 atom stereocenters. The molecule has 2 aliphatic heterocycles. The molecule has 4 aromatic carbocycles. The number of hydrogen-bond donors (Lipinski definition) is 2. The zero-order valence-corrected chi connectivity index (χ0v) is 29.1. The lowest BCUT2D eigenvalue weighted by atomic mass is 10.00. The maximum absolute atomic E-state index is 5.46. The second-order valence-corrected chi connectivity index (χ2v) is 13.4. The van der Waals surface area contributed by atoms with Crippen LogP contribution in [0.5, 0.6) is 0 Å². The fraction of sp³-hybridized carbons (Fsp3) is 0.0833. The Balaban J connectivity index is 1.51. The molecule has 0 fully saturated rings. The lowest BCUT2D eigenvalue weighted by Gasteiger charge is -2.07. The predicted octanol–water partition coefficient (Wildman–Crippen LogP) is 12.7. The summed E-state index contributed by atoms with van der Waals surface area (Å²) in [6.45, 7) is 2.26. The van der Waals surface area contributed by atoms with E-state index >= 15 is 0 Å². The van der Waals surface area contributed by atoms with Gasteiger partial charge >= 0.3 is 0 Å². The maximum Gasteiger partial charge on any atom is 0.0738 e. The molecule has 4 heteroatoms. The second-order valence-electron chi connectivity index (χ2n) is 13.4. The van der Waals surface area contributed by atoms with E-state index in [0.717, 1.165) is 109 Å². The molecule has 3 aromatic heterocycles. The van der Waals surface area contributed by atoms with E-state index in [2.05, 4.69) is 181 Å². The van der Waals surface area contributed by atoms with Crippen LogP contribution in [0.3, 0.4) is 0 Å². The van der Waals surface area contributed by atoms with Crippen molar-refractivity contribution in [3.05, 3.63) is 168 Å². The van der Waals surface area contributed by atoms with Crippen LogP contribution in [-0.2, 0) is 6.42 Å². The van der Waals surface area contributed by atoms with Gasteiger partial charge in [-0.3, -0.25) is 0 Å². The largest absolute Gasteiger partial charge is 0.354 e. The van der Waals surface area contributed by atoms with Gasteiger partial charge in [0.05, 0.1) is 28.3 Å². The normalized spacial score (nSPS) is 12.0. The van der Waals surface area contributed by atoms with E-state index in [1.807, 2.05) is 0 Å². The van der Waals surface area contributed by atoms with Gasteiger partial charge in [0, 0.05) is 38.8 Å². The molecule has 0 saturated heterocycles. The molecule has 7 aromatic rings. The summed E-state index contributed by atoms with van der Waals surface area (Å²) < 4.78 is 0. The highest BCUT2D eigenvalue weighted by molar-refractivity contribution is 6.01. The monoisotopic (exact) mass is 670 g/mol. The molecular weight excluding hydrogens is 633 g/mol. The van der Waals surface area contributed by atoms with E-state index in [0.29, 0.717) is 0 Å². The lowest BCUT2D eigenvalue weighted by Crippen LogP contribution is -1.91. The molecule has 8 bridgehead atoms. The van der Waals surface area contributed by atoms with Crippen LogP contribution in [0, 0.1) is 0 Å². The SMILES string of the molecule is CCCCc1cc2[nH]c1c(-c1ccccc1)c1nc(c(-c3ccccc3)c3nc(c(-c4ccccc4)c4ccc([nH]4)c2-c2ccccc2)C=C3)C=C1. The highest BCUT2D eigenvalue weighted by Gasteiger charge is 2.20. The zero-order valence-electron chi connectivity index (χ0n) is 29.1. The van der Waals surface area contributed by atoms with Gasteiger partial charge in [-0.05, 0) is 83.2 Å². The van der Waals surface area contributed by atoms with Crippen molar-refractivity contribution >= 4 is 46.4 Å². The number of aromatic nitrogens is 4. The minimum absolute atomic E-state index is 0.891. The number of benzene rings is 4. The van der Waals surface area contributed by atoms with Crippen molar-refractivity contribution in [2.24, 2.45) is 0 Å². The number of aryl methyl sites for hydroxylation is 1. The van der Waals surface area contributed by atoms with Gasteiger partial charge in [0.1, 0.15) is 0 Å². The van der Waals surface area contributed by atoms with Gasteiger partial charge in [-0.15, -0.1) is 0 Å². The predicted molar refractivity (Wildman–Crippen MR) is 219 cm³/mol. The van der Waals surface area contributed by atoms with Crippen LogP contribution in [0.25, 0.3) is 90.9 Å². The van der Waals surface area contributed by atoms with Crippen molar-refractivity contribution in [2.75, 3.05) is 0 Å². The third-order valence-corrected chi connectivity index (χ3v) is 10.00. The number of nitrogens with zero attached hydrogens (tertiary/aromatic N) is 2. The summed E-state index contributed by atoms with van der Waals surface area (Å²) in [5.41, 5.74) is 17.9. The summed E-state index contributed by atoms with van der Waals surface area (Å²) in [5.74, 6) is 0.